The number of ether oxygens (including phenoxy) is 1. The first-order chi connectivity index (χ1) is 8.76. The lowest BCUT2D eigenvalue weighted by atomic mass is 10.2. The van der Waals surface area contributed by atoms with E-state index in [4.69, 9.17) is 5.11 Å². The summed E-state index contributed by atoms with van der Waals surface area (Å²) in [6.45, 7) is 1.10. The zero-order chi connectivity index (χ0) is 13.2. The molecule has 1 aromatic rings. The van der Waals surface area contributed by atoms with Crippen LogP contribution < -0.4 is 10.6 Å². The van der Waals surface area contributed by atoms with Crippen LogP contribution in [-0.4, -0.2) is 31.5 Å². The van der Waals surface area contributed by atoms with Gasteiger partial charge >= 0.3 is 6.09 Å². The van der Waals surface area contributed by atoms with Crippen molar-refractivity contribution in [2.45, 2.75) is 19.3 Å². The van der Waals surface area contributed by atoms with Crippen LogP contribution in [0.3, 0.4) is 0 Å². The number of rotatable bonds is 7. The molecule has 0 aliphatic heterocycles. The quantitative estimate of drug-likeness (QED) is 0.652. The molecule has 0 aliphatic rings. The highest BCUT2D eigenvalue weighted by molar-refractivity contribution is 5.85. The van der Waals surface area contributed by atoms with Crippen LogP contribution in [0.25, 0.3) is 0 Å². The summed E-state index contributed by atoms with van der Waals surface area (Å²) >= 11 is 0. The maximum Gasteiger partial charge on any atom is 0.411 e. The summed E-state index contributed by atoms with van der Waals surface area (Å²) in [5.41, 5.74) is 1.65. The zero-order valence-corrected chi connectivity index (χ0v) is 10.6. The number of aliphatic hydroxyl groups excluding tert-OH is 1. The second kappa shape index (κ2) is 8.36. The van der Waals surface area contributed by atoms with E-state index in [9.17, 15) is 4.79 Å². The number of hydrogen-bond acceptors (Lipinski definition) is 4. The van der Waals surface area contributed by atoms with Crippen LogP contribution in [0.1, 0.15) is 19.3 Å². The summed E-state index contributed by atoms with van der Waals surface area (Å²) in [6, 6.07) is 7.45. The monoisotopic (exact) mass is 252 g/mol. The first-order valence-corrected chi connectivity index (χ1v) is 6.06. The van der Waals surface area contributed by atoms with Crippen molar-refractivity contribution in [3.05, 3.63) is 24.3 Å². The van der Waals surface area contributed by atoms with Gasteiger partial charge in [0.05, 0.1) is 7.11 Å². The Hall–Kier alpha value is -1.75. The molecule has 0 heterocycles. The van der Waals surface area contributed by atoms with Gasteiger partial charge in [0, 0.05) is 24.5 Å². The largest absolute Gasteiger partial charge is 0.453 e. The van der Waals surface area contributed by atoms with Crippen LogP contribution >= 0.6 is 0 Å². The Kier molecular flexibility index (Phi) is 6.64. The predicted octanol–water partition coefficient (Wildman–Crippen LogP) is 2.44. The van der Waals surface area contributed by atoms with Crippen molar-refractivity contribution in [3.63, 3.8) is 0 Å². The van der Waals surface area contributed by atoms with Gasteiger partial charge in [-0.05, 0) is 37.5 Å². The van der Waals surface area contributed by atoms with Gasteiger partial charge in [0.2, 0.25) is 0 Å². The summed E-state index contributed by atoms with van der Waals surface area (Å²) in [7, 11) is 1.33. The molecule has 1 aromatic carbocycles. The van der Waals surface area contributed by atoms with Crippen LogP contribution in [0.2, 0.25) is 0 Å². The fourth-order valence-corrected chi connectivity index (χ4v) is 1.52. The molecule has 0 bridgehead atoms. The number of amides is 1. The molecule has 0 aromatic heterocycles. The third kappa shape index (κ3) is 5.54. The highest BCUT2D eigenvalue weighted by Gasteiger charge is 2.00. The molecule has 3 N–H and O–H groups in total. The molecule has 5 nitrogen and oxygen atoms in total. The second-order valence-electron chi connectivity index (χ2n) is 3.91. The van der Waals surface area contributed by atoms with Crippen molar-refractivity contribution in [1.82, 2.24) is 0 Å². The number of aliphatic hydroxyl groups is 1. The maximum absolute atomic E-state index is 11.0. The first-order valence-electron chi connectivity index (χ1n) is 6.06. The molecular formula is C13H20N2O3. The molecule has 0 saturated carbocycles. The predicted molar refractivity (Wildman–Crippen MR) is 71.9 cm³/mol. The van der Waals surface area contributed by atoms with E-state index >= 15 is 0 Å². The Morgan fingerprint density at radius 1 is 1.28 bits per heavy atom. The van der Waals surface area contributed by atoms with Gasteiger partial charge in [0.25, 0.3) is 0 Å². The number of carbonyl (C=O) groups is 1. The van der Waals surface area contributed by atoms with Gasteiger partial charge in [-0.25, -0.2) is 4.79 Å². The zero-order valence-electron chi connectivity index (χ0n) is 10.6. The van der Waals surface area contributed by atoms with E-state index in [2.05, 4.69) is 15.4 Å². The number of hydrogen-bond donors (Lipinski definition) is 3. The molecule has 100 valence electrons. The van der Waals surface area contributed by atoms with Crippen molar-refractivity contribution >= 4 is 17.5 Å². The molecule has 18 heavy (non-hydrogen) atoms. The molecule has 0 saturated heterocycles. The maximum atomic E-state index is 11.0. The minimum atomic E-state index is -0.477. The smallest absolute Gasteiger partial charge is 0.411 e. The van der Waals surface area contributed by atoms with Crippen LogP contribution in [0.15, 0.2) is 24.3 Å². The molecular weight excluding hydrogens is 232 g/mol. The summed E-state index contributed by atoms with van der Waals surface area (Å²) < 4.78 is 4.53. The first kappa shape index (κ1) is 14.3. The minimum absolute atomic E-state index is 0.249. The number of unbranched alkanes of at least 4 members (excludes halogenated alkanes) is 2. The number of benzene rings is 1. The summed E-state index contributed by atoms with van der Waals surface area (Å²) in [6.07, 6.45) is 2.37. The fourth-order valence-electron chi connectivity index (χ4n) is 1.52. The van der Waals surface area contributed by atoms with Gasteiger partial charge in [0.15, 0.2) is 0 Å². The standard InChI is InChI=1S/C13H20N2O3/c1-18-13(17)15-12-7-5-6-11(10-12)14-8-3-2-4-9-16/h5-7,10,14,16H,2-4,8-9H2,1H3,(H,15,17). The molecule has 5 heteroatoms. The van der Waals surface area contributed by atoms with E-state index in [1.165, 1.54) is 7.11 Å². The molecule has 0 fully saturated rings. The van der Waals surface area contributed by atoms with E-state index in [1.807, 2.05) is 18.2 Å². The Balaban J connectivity index is 2.37. The number of carbonyl (C=O) groups excluding carboxylic acids is 1. The van der Waals surface area contributed by atoms with Crippen molar-refractivity contribution in [3.8, 4) is 0 Å². The van der Waals surface area contributed by atoms with Gasteiger partial charge in [0.1, 0.15) is 0 Å². The second-order valence-corrected chi connectivity index (χ2v) is 3.91. The highest BCUT2D eigenvalue weighted by Crippen LogP contribution is 2.15. The number of methoxy groups -OCH3 is 1. The molecule has 1 rings (SSSR count). The molecule has 0 aliphatic carbocycles. The third-order valence-corrected chi connectivity index (χ3v) is 2.46. The van der Waals surface area contributed by atoms with E-state index in [0.717, 1.165) is 31.5 Å². The van der Waals surface area contributed by atoms with Gasteiger partial charge in [-0.15, -0.1) is 0 Å². The van der Waals surface area contributed by atoms with Crippen LogP contribution in [0.4, 0.5) is 16.2 Å². The Bertz CT molecular complexity index is 369. The average Bonchev–Trinajstić information content (AvgIpc) is 2.39. The Labute approximate surface area is 107 Å². The molecule has 0 unspecified atom stereocenters. The van der Waals surface area contributed by atoms with Crippen molar-refractivity contribution < 1.29 is 14.6 Å². The Morgan fingerprint density at radius 3 is 2.78 bits per heavy atom. The van der Waals surface area contributed by atoms with Crippen LogP contribution in [-0.2, 0) is 4.74 Å². The summed E-state index contributed by atoms with van der Waals surface area (Å²) in [5, 5.41) is 14.5. The third-order valence-electron chi connectivity index (χ3n) is 2.46. The fraction of sp³-hybridized carbons (Fsp3) is 0.462. The average molecular weight is 252 g/mol. The van der Waals surface area contributed by atoms with Crippen molar-refractivity contribution in [1.29, 1.82) is 0 Å². The summed E-state index contributed by atoms with van der Waals surface area (Å²) in [4.78, 5) is 11.0. The van der Waals surface area contributed by atoms with Gasteiger partial charge in [-0.1, -0.05) is 6.07 Å². The van der Waals surface area contributed by atoms with E-state index < -0.39 is 6.09 Å². The lowest BCUT2D eigenvalue weighted by Crippen LogP contribution is -2.11. The molecule has 0 spiro atoms. The highest BCUT2D eigenvalue weighted by atomic mass is 16.5. The van der Waals surface area contributed by atoms with Crippen LogP contribution in [0, 0.1) is 0 Å². The van der Waals surface area contributed by atoms with Crippen LogP contribution in [0.5, 0.6) is 0 Å². The lowest BCUT2D eigenvalue weighted by Gasteiger charge is -2.08. The van der Waals surface area contributed by atoms with Gasteiger partial charge < -0.3 is 15.2 Å². The minimum Gasteiger partial charge on any atom is -0.453 e. The van der Waals surface area contributed by atoms with Crippen molar-refractivity contribution in [2.24, 2.45) is 0 Å². The summed E-state index contributed by atoms with van der Waals surface area (Å²) in [5.74, 6) is 0. The van der Waals surface area contributed by atoms with E-state index in [0.29, 0.717) is 5.69 Å². The SMILES string of the molecule is COC(=O)Nc1cccc(NCCCCCO)c1. The molecule has 0 radical (unpaired) electrons. The topological polar surface area (TPSA) is 70.6 Å². The van der Waals surface area contributed by atoms with Gasteiger partial charge in [-0.2, -0.15) is 0 Å². The normalized spacial score (nSPS) is 9.89. The lowest BCUT2D eigenvalue weighted by molar-refractivity contribution is 0.187. The molecule has 0 atom stereocenters. The van der Waals surface area contributed by atoms with Crippen molar-refractivity contribution in [2.75, 3.05) is 30.9 Å². The van der Waals surface area contributed by atoms with E-state index in [-0.39, 0.29) is 6.61 Å². The number of nitrogens with one attached hydrogen (secondary N) is 2. The van der Waals surface area contributed by atoms with E-state index in [1.54, 1.807) is 6.07 Å². The number of anilines is 2. The van der Waals surface area contributed by atoms with Gasteiger partial charge in [-0.3, -0.25) is 5.32 Å². The Morgan fingerprint density at radius 2 is 2.06 bits per heavy atom. The molecule has 1 amide bonds.